The Bertz CT molecular complexity index is 602. The van der Waals surface area contributed by atoms with Crippen LogP contribution in [-0.2, 0) is 10.5 Å². The van der Waals surface area contributed by atoms with E-state index in [1.165, 1.54) is 0 Å². The number of benzene rings is 1. The third-order valence-electron chi connectivity index (χ3n) is 2.99. The average Bonchev–Trinajstić information content (AvgIpc) is 2.48. The minimum absolute atomic E-state index is 0.0113. The van der Waals surface area contributed by atoms with Gasteiger partial charge in [0.05, 0.1) is 5.69 Å². The molecule has 110 valence electrons. The van der Waals surface area contributed by atoms with E-state index < -0.39 is 0 Å². The predicted octanol–water partition coefficient (Wildman–Crippen LogP) is 3.23. The van der Waals surface area contributed by atoms with Gasteiger partial charge in [0.2, 0.25) is 5.91 Å². The Labute approximate surface area is 129 Å². The zero-order valence-corrected chi connectivity index (χ0v) is 12.8. The molecule has 2 aromatic rings. The largest absolute Gasteiger partial charge is 0.399 e. The zero-order chi connectivity index (χ0) is 15.1. The number of pyridine rings is 1. The van der Waals surface area contributed by atoms with E-state index in [9.17, 15) is 4.79 Å². The summed E-state index contributed by atoms with van der Waals surface area (Å²) >= 11 is 1.70. The molecule has 0 spiro atoms. The molecule has 5 heteroatoms. The van der Waals surface area contributed by atoms with Crippen molar-refractivity contribution in [1.29, 1.82) is 0 Å². The van der Waals surface area contributed by atoms with Crippen molar-refractivity contribution in [2.24, 2.45) is 0 Å². The summed E-state index contributed by atoms with van der Waals surface area (Å²) in [6, 6.07) is 11.4. The van der Waals surface area contributed by atoms with Gasteiger partial charge in [0.15, 0.2) is 0 Å². The summed E-state index contributed by atoms with van der Waals surface area (Å²) in [6.45, 7) is 1.95. The molecule has 1 aromatic carbocycles. The summed E-state index contributed by atoms with van der Waals surface area (Å²) in [5.41, 5.74) is 9.22. The van der Waals surface area contributed by atoms with Gasteiger partial charge in [-0.3, -0.25) is 9.78 Å². The zero-order valence-electron chi connectivity index (χ0n) is 12.0. The van der Waals surface area contributed by atoms with Crippen LogP contribution >= 0.6 is 11.8 Å². The molecule has 0 bridgehead atoms. The quantitative estimate of drug-likeness (QED) is 0.635. The standard InChI is InChI=1S/C16H19N3OS/c1-12-5-6-13(17)10-15(12)19-16(20)7-9-21-11-14-4-2-3-8-18-14/h2-6,8,10H,7,9,11,17H2,1H3,(H,19,20). The van der Waals surface area contributed by atoms with E-state index in [2.05, 4.69) is 10.3 Å². The second kappa shape index (κ2) is 7.69. The first-order valence-corrected chi connectivity index (χ1v) is 7.94. The Balaban J connectivity index is 1.74. The van der Waals surface area contributed by atoms with Gasteiger partial charge in [0.25, 0.3) is 0 Å². The van der Waals surface area contributed by atoms with Crippen LogP contribution in [0.25, 0.3) is 0 Å². The van der Waals surface area contributed by atoms with Crippen LogP contribution in [0.15, 0.2) is 42.6 Å². The van der Waals surface area contributed by atoms with Crippen LogP contribution in [0.3, 0.4) is 0 Å². The SMILES string of the molecule is Cc1ccc(N)cc1NC(=O)CCSCc1ccccn1. The average molecular weight is 301 g/mol. The van der Waals surface area contributed by atoms with Crippen molar-refractivity contribution < 1.29 is 4.79 Å². The molecule has 0 atom stereocenters. The number of hydrogen-bond donors (Lipinski definition) is 2. The number of nitrogens with one attached hydrogen (secondary N) is 1. The van der Waals surface area contributed by atoms with Gasteiger partial charge in [0, 0.05) is 35.5 Å². The van der Waals surface area contributed by atoms with Crippen LogP contribution < -0.4 is 11.1 Å². The number of anilines is 2. The first-order valence-electron chi connectivity index (χ1n) is 6.79. The van der Waals surface area contributed by atoms with Crippen molar-refractivity contribution in [2.75, 3.05) is 16.8 Å². The number of aryl methyl sites for hydroxylation is 1. The third-order valence-corrected chi connectivity index (χ3v) is 3.98. The highest BCUT2D eigenvalue weighted by atomic mass is 32.2. The lowest BCUT2D eigenvalue weighted by Crippen LogP contribution is -2.13. The Hall–Kier alpha value is -2.01. The number of thioether (sulfide) groups is 1. The van der Waals surface area contributed by atoms with Crippen molar-refractivity contribution in [3.8, 4) is 0 Å². The first-order chi connectivity index (χ1) is 10.1. The molecule has 0 radical (unpaired) electrons. The van der Waals surface area contributed by atoms with Crippen LogP contribution in [-0.4, -0.2) is 16.6 Å². The summed E-state index contributed by atoms with van der Waals surface area (Å²) in [5.74, 6) is 1.60. The number of carbonyl (C=O) groups excluding carboxylic acids is 1. The molecular formula is C16H19N3OS. The summed E-state index contributed by atoms with van der Waals surface area (Å²) in [7, 11) is 0. The van der Waals surface area contributed by atoms with E-state index in [4.69, 9.17) is 5.73 Å². The molecule has 2 rings (SSSR count). The van der Waals surface area contributed by atoms with Crippen molar-refractivity contribution in [2.45, 2.75) is 19.1 Å². The van der Waals surface area contributed by atoms with Crippen LogP contribution in [0.2, 0.25) is 0 Å². The lowest BCUT2D eigenvalue weighted by Gasteiger charge is -2.09. The van der Waals surface area contributed by atoms with Crippen molar-refractivity contribution >= 4 is 29.0 Å². The first kappa shape index (κ1) is 15.4. The lowest BCUT2D eigenvalue weighted by molar-refractivity contribution is -0.115. The maximum atomic E-state index is 11.9. The van der Waals surface area contributed by atoms with Gasteiger partial charge in [-0.15, -0.1) is 0 Å². The normalized spacial score (nSPS) is 10.3. The van der Waals surface area contributed by atoms with Gasteiger partial charge < -0.3 is 11.1 Å². The monoisotopic (exact) mass is 301 g/mol. The number of hydrogen-bond acceptors (Lipinski definition) is 4. The molecule has 0 aliphatic rings. The molecule has 0 unspecified atom stereocenters. The van der Waals surface area contributed by atoms with Crippen LogP contribution in [0.1, 0.15) is 17.7 Å². The van der Waals surface area contributed by atoms with Gasteiger partial charge in [-0.1, -0.05) is 12.1 Å². The van der Waals surface area contributed by atoms with E-state index in [0.29, 0.717) is 12.1 Å². The molecule has 1 amide bonds. The number of rotatable bonds is 6. The minimum atomic E-state index is 0.0113. The second-order valence-electron chi connectivity index (χ2n) is 4.75. The number of nitrogens with zero attached hydrogens (tertiary/aromatic N) is 1. The molecule has 0 aliphatic carbocycles. The summed E-state index contributed by atoms with van der Waals surface area (Å²) < 4.78 is 0. The molecule has 1 heterocycles. The summed E-state index contributed by atoms with van der Waals surface area (Å²) in [4.78, 5) is 16.2. The smallest absolute Gasteiger partial charge is 0.225 e. The molecular weight excluding hydrogens is 282 g/mol. The van der Waals surface area contributed by atoms with E-state index in [1.807, 2.05) is 37.3 Å². The van der Waals surface area contributed by atoms with Gasteiger partial charge in [-0.25, -0.2) is 0 Å². The molecule has 3 N–H and O–H groups in total. The van der Waals surface area contributed by atoms with Gasteiger partial charge in [0.1, 0.15) is 0 Å². The molecule has 0 aliphatic heterocycles. The lowest BCUT2D eigenvalue weighted by atomic mass is 10.2. The van der Waals surface area contributed by atoms with Crippen molar-refractivity contribution in [3.63, 3.8) is 0 Å². The number of amides is 1. The van der Waals surface area contributed by atoms with Crippen molar-refractivity contribution in [3.05, 3.63) is 53.9 Å². The molecule has 0 saturated heterocycles. The van der Waals surface area contributed by atoms with Crippen LogP contribution in [0.4, 0.5) is 11.4 Å². The molecule has 0 fully saturated rings. The summed E-state index contributed by atoms with van der Waals surface area (Å²) in [6.07, 6.45) is 2.26. The fourth-order valence-corrected chi connectivity index (χ4v) is 2.67. The number of carbonyl (C=O) groups is 1. The second-order valence-corrected chi connectivity index (χ2v) is 5.85. The van der Waals surface area contributed by atoms with E-state index in [-0.39, 0.29) is 5.91 Å². The molecule has 21 heavy (non-hydrogen) atoms. The highest BCUT2D eigenvalue weighted by Crippen LogP contribution is 2.18. The maximum absolute atomic E-state index is 11.9. The highest BCUT2D eigenvalue weighted by molar-refractivity contribution is 7.98. The Morgan fingerprint density at radius 1 is 1.33 bits per heavy atom. The van der Waals surface area contributed by atoms with E-state index in [1.54, 1.807) is 24.0 Å². The fourth-order valence-electron chi connectivity index (χ4n) is 1.81. The molecule has 1 aromatic heterocycles. The van der Waals surface area contributed by atoms with Gasteiger partial charge >= 0.3 is 0 Å². The van der Waals surface area contributed by atoms with Gasteiger partial charge in [-0.2, -0.15) is 11.8 Å². The Morgan fingerprint density at radius 3 is 2.95 bits per heavy atom. The van der Waals surface area contributed by atoms with E-state index in [0.717, 1.165) is 28.5 Å². The highest BCUT2D eigenvalue weighted by Gasteiger charge is 2.05. The van der Waals surface area contributed by atoms with E-state index >= 15 is 0 Å². The molecule has 0 saturated carbocycles. The number of aromatic nitrogens is 1. The number of nitrogen functional groups attached to an aromatic ring is 1. The Kier molecular flexibility index (Phi) is 5.63. The summed E-state index contributed by atoms with van der Waals surface area (Å²) in [5, 5.41) is 2.90. The van der Waals surface area contributed by atoms with Crippen LogP contribution in [0, 0.1) is 6.92 Å². The third kappa shape index (κ3) is 5.11. The number of nitrogens with two attached hydrogens (primary N) is 1. The van der Waals surface area contributed by atoms with Crippen molar-refractivity contribution in [1.82, 2.24) is 4.98 Å². The van der Waals surface area contributed by atoms with Crippen LogP contribution in [0.5, 0.6) is 0 Å². The van der Waals surface area contributed by atoms with Gasteiger partial charge in [-0.05, 0) is 36.8 Å². The maximum Gasteiger partial charge on any atom is 0.225 e. The fraction of sp³-hybridized carbons (Fsp3) is 0.250. The minimum Gasteiger partial charge on any atom is -0.399 e. The topological polar surface area (TPSA) is 68.0 Å². The predicted molar refractivity (Wildman–Crippen MR) is 89.2 cm³/mol. The molecule has 4 nitrogen and oxygen atoms in total. The Morgan fingerprint density at radius 2 is 2.19 bits per heavy atom.